The molecule has 0 saturated heterocycles. The van der Waals surface area contributed by atoms with Crippen molar-refractivity contribution in [3.8, 4) is 5.69 Å². The predicted molar refractivity (Wildman–Crippen MR) is 124 cm³/mol. The lowest BCUT2D eigenvalue weighted by Gasteiger charge is -2.11. The number of benzene rings is 2. The normalized spacial score (nSPS) is 10.9. The highest BCUT2D eigenvalue weighted by Crippen LogP contribution is 2.24. The minimum absolute atomic E-state index is 0.0391. The molecule has 0 bridgehead atoms. The van der Waals surface area contributed by atoms with Crippen molar-refractivity contribution in [2.24, 2.45) is 0 Å². The Hall–Kier alpha value is -2.02. The number of para-hydroxylation sites is 1. The minimum atomic E-state index is 0.0391. The molecule has 0 saturated carbocycles. The third-order valence-corrected chi connectivity index (χ3v) is 6.26. The summed E-state index contributed by atoms with van der Waals surface area (Å²) in [5.74, 6) is 1.68. The zero-order valence-electron chi connectivity index (χ0n) is 17.0. The summed E-state index contributed by atoms with van der Waals surface area (Å²) < 4.78 is 2.07. The van der Waals surface area contributed by atoms with Crippen LogP contribution < -0.4 is 5.32 Å². The van der Waals surface area contributed by atoms with Crippen molar-refractivity contribution in [2.75, 3.05) is 12.3 Å². The summed E-state index contributed by atoms with van der Waals surface area (Å²) >= 11 is 13.7. The average Bonchev–Trinajstić information content (AvgIpc) is 3.07. The summed E-state index contributed by atoms with van der Waals surface area (Å²) in [5.41, 5.74) is 3.23. The van der Waals surface area contributed by atoms with Crippen LogP contribution in [0.2, 0.25) is 10.0 Å². The summed E-state index contributed by atoms with van der Waals surface area (Å²) in [6, 6.07) is 13.6. The third-order valence-electron chi connectivity index (χ3n) is 4.66. The topological polar surface area (TPSA) is 59.8 Å². The zero-order chi connectivity index (χ0) is 21.5. The average molecular weight is 463 g/mol. The molecule has 8 heteroatoms. The Kier molecular flexibility index (Phi) is 8.19. The lowest BCUT2D eigenvalue weighted by Crippen LogP contribution is -2.25. The monoisotopic (exact) mass is 462 g/mol. The van der Waals surface area contributed by atoms with Gasteiger partial charge < -0.3 is 5.32 Å². The number of carbonyl (C=O) groups is 1. The van der Waals surface area contributed by atoms with Gasteiger partial charge in [0.15, 0.2) is 5.16 Å². The molecule has 3 aromatic rings. The summed E-state index contributed by atoms with van der Waals surface area (Å²) in [7, 11) is 0. The molecular formula is C22H24Cl2N4OS. The van der Waals surface area contributed by atoms with Crippen LogP contribution in [0.4, 0.5) is 0 Å². The Morgan fingerprint density at radius 2 is 1.93 bits per heavy atom. The zero-order valence-corrected chi connectivity index (χ0v) is 19.3. The van der Waals surface area contributed by atoms with Gasteiger partial charge in [-0.1, -0.05) is 59.2 Å². The van der Waals surface area contributed by atoms with Crippen LogP contribution in [0, 0.1) is 13.8 Å². The highest BCUT2D eigenvalue weighted by molar-refractivity contribution is 7.99. The van der Waals surface area contributed by atoms with Gasteiger partial charge in [0.1, 0.15) is 5.82 Å². The standard InChI is InChI=1S/C22H24Cl2N4OS/c1-15-6-3-4-7-20(15)28-16(2)26-27-22(28)30-13-5-8-21(29)25-12-11-17-9-10-18(23)14-19(17)24/h3-4,6-7,9-10,14H,5,8,11-13H2,1-2H3,(H,25,29). The first-order valence-electron chi connectivity index (χ1n) is 9.77. The van der Waals surface area contributed by atoms with Gasteiger partial charge in [-0.2, -0.15) is 0 Å². The summed E-state index contributed by atoms with van der Waals surface area (Å²) in [5, 5.41) is 13.6. The number of thioether (sulfide) groups is 1. The van der Waals surface area contributed by atoms with E-state index in [4.69, 9.17) is 23.2 Å². The van der Waals surface area contributed by atoms with Crippen LogP contribution >= 0.6 is 35.0 Å². The fraction of sp³-hybridized carbons (Fsp3) is 0.318. The van der Waals surface area contributed by atoms with E-state index >= 15 is 0 Å². The molecule has 0 fully saturated rings. The molecule has 2 aromatic carbocycles. The van der Waals surface area contributed by atoms with E-state index in [0.717, 1.165) is 34.4 Å². The van der Waals surface area contributed by atoms with Gasteiger partial charge in [-0.05, 0) is 56.0 Å². The molecule has 1 N–H and O–H groups in total. The van der Waals surface area contributed by atoms with Gasteiger partial charge in [0.25, 0.3) is 0 Å². The molecule has 3 rings (SSSR count). The van der Waals surface area contributed by atoms with Gasteiger partial charge in [-0.25, -0.2) is 0 Å². The van der Waals surface area contributed by atoms with Crippen LogP contribution in [-0.2, 0) is 11.2 Å². The van der Waals surface area contributed by atoms with Gasteiger partial charge in [0.05, 0.1) is 5.69 Å². The van der Waals surface area contributed by atoms with Crippen LogP contribution in [0.15, 0.2) is 47.6 Å². The number of amides is 1. The molecule has 0 aliphatic heterocycles. The fourth-order valence-corrected chi connectivity index (χ4v) is 4.51. The van der Waals surface area contributed by atoms with Gasteiger partial charge in [0, 0.05) is 28.8 Å². The lowest BCUT2D eigenvalue weighted by atomic mass is 10.1. The van der Waals surface area contributed by atoms with E-state index in [-0.39, 0.29) is 5.91 Å². The SMILES string of the molecule is Cc1ccccc1-n1c(C)nnc1SCCCC(=O)NCCc1ccc(Cl)cc1Cl. The third kappa shape index (κ3) is 6.00. The van der Waals surface area contributed by atoms with Crippen molar-refractivity contribution in [2.45, 2.75) is 38.3 Å². The van der Waals surface area contributed by atoms with E-state index in [1.807, 2.05) is 25.1 Å². The maximum absolute atomic E-state index is 12.1. The quantitative estimate of drug-likeness (QED) is 0.340. The first-order valence-corrected chi connectivity index (χ1v) is 11.5. The van der Waals surface area contributed by atoms with Gasteiger partial charge in [-0.3, -0.25) is 9.36 Å². The highest BCUT2D eigenvalue weighted by Gasteiger charge is 2.13. The Labute approximate surface area is 191 Å². The first-order chi connectivity index (χ1) is 14.5. The number of nitrogens with zero attached hydrogens (tertiary/aromatic N) is 3. The number of aromatic nitrogens is 3. The molecule has 0 unspecified atom stereocenters. The molecular weight excluding hydrogens is 439 g/mol. The second-order valence-corrected chi connectivity index (χ2v) is 8.85. The van der Waals surface area contributed by atoms with E-state index in [1.54, 1.807) is 23.9 Å². The number of aryl methyl sites for hydroxylation is 2. The van der Waals surface area contributed by atoms with Crippen molar-refractivity contribution in [3.05, 3.63) is 69.5 Å². The van der Waals surface area contributed by atoms with Crippen LogP contribution in [-0.4, -0.2) is 33.0 Å². The molecule has 5 nitrogen and oxygen atoms in total. The molecule has 0 spiro atoms. The summed E-state index contributed by atoms with van der Waals surface area (Å²) in [6.07, 6.45) is 1.91. The van der Waals surface area contributed by atoms with Crippen LogP contribution in [0.1, 0.15) is 29.8 Å². The van der Waals surface area contributed by atoms with Gasteiger partial charge in [-0.15, -0.1) is 10.2 Å². The van der Waals surface area contributed by atoms with E-state index in [0.29, 0.717) is 29.4 Å². The fourth-order valence-electron chi connectivity index (χ4n) is 3.07. The van der Waals surface area contributed by atoms with Crippen LogP contribution in [0.3, 0.4) is 0 Å². The Morgan fingerprint density at radius 1 is 1.13 bits per heavy atom. The maximum atomic E-state index is 12.1. The van der Waals surface area contributed by atoms with Crippen molar-refractivity contribution < 1.29 is 4.79 Å². The molecule has 0 aliphatic carbocycles. The number of carbonyl (C=O) groups excluding carboxylic acids is 1. The number of hydrogen-bond acceptors (Lipinski definition) is 4. The van der Waals surface area contributed by atoms with Crippen molar-refractivity contribution in [3.63, 3.8) is 0 Å². The number of rotatable bonds is 9. The summed E-state index contributed by atoms with van der Waals surface area (Å²) in [6.45, 7) is 4.57. The molecule has 30 heavy (non-hydrogen) atoms. The molecule has 1 amide bonds. The smallest absolute Gasteiger partial charge is 0.220 e. The van der Waals surface area contributed by atoms with Crippen LogP contribution in [0.25, 0.3) is 5.69 Å². The van der Waals surface area contributed by atoms with E-state index < -0.39 is 0 Å². The Bertz CT molecular complexity index is 1020. The molecule has 0 radical (unpaired) electrons. The van der Waals surface area contributed by atoms with Gasteiger partial charge in [0.2, 0.25) is 5.91 Å². The van der Waals surface area contributed by atoms with Crippen molar-refractivity contribution in [1.82, 2.24) is 20.1 Å². The second-order valence-electron chi connectivity index (χ2n) is 6.94. The summed E-state index contributed by atoms with van der Waals surface area (Å²) in [4.78, 5) is 12.1. The maximum Gasteiger partial charge on any atom is 0.220 e. The van der Waals surface area contributed by atoms with Gasteiger partial charge >= 0.3 is 0 Å². The molecule has 0 atom stereocenters. The highest BCUT2D eigenvalue weighted by atomic mass is 35.5. The van der Waals surface area contributed by atoms with Crippen LogP contribution in [0.5, 0.6) is 0 Å². The Morgan fingerprint density at radius 3 is 2.70 bits per heavy atom. The van der Waals surface area contributed by atoms with E-state index in [1.165, 1.54) is 5.56 Å². The van der Waals surface area contributed by atoms with E-state index in [9.17, 15) is 4.79 Å². The predicted octanol–water partition coefficient (Wildman–Crippen LogP) is 5.42. The molecule has 1 heterocycles. The number of hydrogen-bond donors (Lipinski definition) is 1. The largest absolute Gasteiger partial charge is 0.356 e. The number of nitrogens with one attached hydrogen (secondary N) is 1. The lowest BCUT2D eigenvalue weighted by molar-refractivity contribution is -0.121. The molecule has 1 aromatic heterocycles. The second kappa shape index (κ2) is 10.8. The van der Waals surface area contributed by atoms with E-state index in [2.05, 4.69) is 39.1 Å². The van der Waals surface area contributed by atoms with Crippen molar-refractivity contribution >= 4 is 40.9 Å². The Balaban J connectivity index is 1.43. The first kappa shape index (κ1) is 22.7. The number of halogens is 2. The molecule has 0 aliphatic rings. The molecule has 158 valence electrons. The minimum Gasteiger partial charge on any atom is -0.356 e. The van der Waals surface area contributed by atoms with Crippen molar-refractivity contribution in [1.29, 1.82) is 0 Å².